The lowest BCUT2D eigenvalue weighted by Gasteiger charge is -2.05. The Balaban J connectivity index is 2.34. The first kappa shape index (κ1) is 16.6. The summed E-state index contributed by atoms with van der Waals surface area (Å²) in [6.45, 7) is 0. The van der Waals surface area contributed by atoms with Gasteiger partial charge in [-0.15, -0.1) is 23.5 Å². The van der Waals surface area contributed by atoms with Gasteiger partial charge in [-0.05, 0) is 24.6 Å². The second-order valence-electron chi connectivity index (χ2n) is 4.52. The molecule has 0 bridgehead atoms. The molecule has 0 aliphatic heterocycles. The minimum absolute atomic E-state index is 0.0887. The molecule has 0 N–H and O–H groups in total. The third kappa shape index (κ3) is 2.84. The number of hydrogen-bond donors (Lipinski definition) is 0. The number of sulfone groups is 1. The molecule has 2 heterocycles. The van der Waals surface area contributed by atoms with Crippen molar-refractivity contribution >= 4 is 50.6 Å². The Bertz CT molecular complexity index is 972. The zero-order valence-corrected chi connectivity index (χ0v) is 15.4. The average Bonchev–Trinajstić information content (AvgIpc) is 2.92. The summed E-state index contributed by atoms with van der Waals surface area (Å²) in [5.41, 5.74) is 0.237. The summed E-state index contributed by atoms with van der Waals surface area (Å²) in [7, 11) is -3.73. The minimum atomic E-state index is -3.73. The van der Waals surface area contributed by atoms with Crippen LogP contribution in [0.4, 0.5) is 0 Å². The Labute approximate surface area is 147 Å². The zero-order chi connectivity index (χ0) is 16.6. The fourth-order valence-corrected chi connectivity index (χ4v) is 5.32. The first-order valence-corrected chi connectivity index (χ1v) is 10.8. The van der Waals surface area contributed by atoms with Crippen LogP contribution in [0.3, 0.4) is 0 Å². The summed E-state index contributed by atoms with van der Waals surface area (Å²) in [5, 5.41) is 5.00. The molecular weight excluding hydrogens is 374 g/mol. The van der Waals surface area contributed by atoms with Gasteiger partial charge in [0.1, 0.15) is 10.2 Å². The Hall–Kier alpha value is -1.22. The molecule has 3 rings (SSSR count). The van der Waals surface area contributed by atoms with Crippen LogP contribution < -0.4 is 0 Å². The predicted octanol–water partition coefficient (Wildman–Crippen LogP) is 3.66. The molecule has 0 radical (unpaired) electrons. The molecule has 0 aliphatic rings. The van der Waals surface area contributed by atoms with Crippen LogP contribution in [0.15, 0.2) is 56.2 Å². The van der Waals surface area contributed by atoms with Gasteiger partial charge in [0.05, 0.1) is 9.79 Å². The Morgan fingerprint density at radius 1 is 1.13 bits per heavy atom. The van der Waals surface area contributed by atoms with Crippen molar-refractivity contribution in [1.29, 1.82) is 0 Å². The van der Waals surface area contributed by atoms with Crippen molar-refractivity contribution in [1.82, 2.24) is 14.6 Å². The second-order valence-corrected chi connectivity index (χ2v) is 8.41. The van der Waals surface area contributed by atoms with Gasteiger partial charge in [-0.3, -0.25) is 0 Å². The lowest BCUT2D eigenvalue weighted by atomic mass is 10.4. The summed E-state index contributed by atoms with van der Waals surface area (Å²) < 4.78 is 27.5. The molecule has 120 valence electrons. The lowest BCUT2D eigenvalue weighted by Crippen LogP contribution is -2.04. The molecule has 0 saturated carbocycles. The van der Waals surface area contributed by atoms with E-state index in [-0.39, 0.29) is 20.6 Å². The molecule has 0 atom stereocenters. The van der Waals surface area contributed by atoms with E-state index in [0.717, 1.165) is 4.90 Å². The SMILES string of the molecule is CSc1cn2nc(SC)c(S(=O)(=O)c3ccccc3)c2nc1Cl. The van der Waals surface area contributed by atoms with E-state index in [1.54, 1.807) is 42.8 Å². The van der Waals surface area contributed by atoms with Gasteiger partial charge in [-0.25, -0.2) is 17.9 Å². The second kappa shape index (κ2) is 6.35. The van der Waals surface area contributed by atoms with Crippen molar-refractivity contribution in [2.75, 3.05) is 12.5 Å². The smallest absolute Gasteiger partial charge is 0.213 e. The molecule has 23 heavy (non-hydrogen) atoms. The third-order valence-corrected chi connectivity index (χ3v) is 6.94. The van der Waals surface area contributed by atoms with Crippen LogP contribution in [0.2, 0.25) is 5.15 Å². The van der Waals surface area contributed by atoms with E-state index in [1.807, 2.05) is 6.26 Å². The predicted molar refractivity (Wildman–Crippen MR) is 93.5 cm³/mol. The van der Waals surface area contributed by atoms with E-state index in [2.05, 4.69) is 10.1 Å². The van der Waals surface area contributed by atoms with E-state index in [0.29, 0.717) is 5.03 Å². The number of benzene rings is 1. The maximum Gasteiger partial charge on any atom is 0.213 e. The van der Waals surface area contributed by atoms with Crippen molar-refractivity contribution in [2.45, 2.75) is 19.7 Å². The van der Waals surface area contributed by atoms with Gasteiger partial charge < -0.3 is 0 Å². The Kier molecular flexibility index (Phi) is 4.59. The van der Waals surface area contributed by atoms with E-state index in [9.17, 15) is 8.42 Å². The number of rotatable bonds is 4. The van der Waals surface area contributed by atoms with Gasteiger partial charge in [-0.1, -0.05) is 29.8 Å². The molecule has 3 aromatic rings. The molecule has 1 aromatic carbocycles. The summed E-state index contributed by atoms with van der Waals surface area (Å²) in [6, 6.07) is 8.25. The quantitative estimate of drug-likeness (QED) is 0.504. The normalized spacial score (nSPS) is 12.0. The van der Waals surface area contributed by atoms with Crippen molar-refractivity contribution in [3.05, 3.63) is 41.7 Å². The highest BCUT2D eigenvalue weighted by molar-refractivity contribution is 7.99. The maximum atomic E-state index is 13.0. The zero-order valence-electron chi connectivity index (χ0n) is 12.2. The number of hydrogen-bond acceptors (Lipinski definition) is 6. The van der Waals surface area contributed by atoms with Crippen LogP contribution in [0.1, 0.15) is 0 Å². The van der Waals surface area contributed by atoms with Crippen LogP contribution in [0.25, 0.3) is 5.65 Å². The van der Waals surface area contributed by atoms with Crippen molar-refractivity contribution in [3.63, 3.8) is 0 Å². The summed E-state index contributed by atoms with van der Waals surface area (Å²) in [6.07, 6.45) is 5.34. The van der Waals surface area contributed by atoms with Crippen LogP contribution >= 0.6 is 35.1 Å². The highest BCUT2D eigenvalue weighted by Gasteiger charge is 2.28. The maximum absolute atomic E-state index is 13.0. The van der Waals surface area contributed by atoms with Gasteiger partial charge in [-0.2, -0.15) is 5.10 Å². The molecular formula is C14H12ClN3O2S3. The number of thioether (sulfide) groups is 2. The molecule has 5 nitrogen and oxygen atoms in total. The first-order valence-electron chi connectivity index (χ1n) is 6.46. The number of fused-ring (bicyclic) bond motifs is 1. The van der Waals surface area contributed by atoms with E-state index in [1.165, 1.54) is 28.0 Å². The summed E-state index contributed by atoms with van der Waals surface area (Å²) in [5.74, 6) is 0. The van der Waals surface area contributed by atoms with Crippen molar-refractivity contribution < 1.29 is 8.42 Å². The highest BCUT2D eigenvalue weighted by atomic mass is 35.5. The van der Waals surface area contributed by atoms with Crippen LogP contribution in [-0.2, 0) is 9.84 Å². The van der Waals surface area contributed by atoms with Crippen LogP contribution in [0.5, 0.6) is 0 Å². The number of nitrogens with zero attached hydrogens (tertiary/aromatic N) is 3. The van der Waals surface area contributed by atoms with Crippen molar-refractivity contribution in [3.8, 4) is 0 Å². The van der Waals surface area contributed by atoms with Crippen LogP contribution in [-0.4, -0.2) is 35.5 Å². The monoisotopic (exact) mass is 385 g/mol. The molecule has 0 saturated heterocycles. The number of halogens is 1. The van der Waals surface area contributed by atoms with Crippen molar-refractivity contribution in [2.24, 2.45) is 0 Å². The van der Waals surface area contributed by atoms with Crippen LogP contribution in [0, 0.1) is 0 Å². The fourth-order valence-electron chi connectivity index (χ4n) is 2.12. The Morgan fingerprint density at radius 3 is 2.43 bits per heavy atom. The van der Waals surface area contributed by atoms with Gasteiger partial charge >= 0.3 is 0 Å². The molecule has 9 heteroatoms. The van der Waals surface area contributed by atoms with Gasteiger partial charge in [0.15, 0.2) is 10.5 Å². The largest absolute Gasteiger partial charge is 0.219 e. The standard InChI is InChI=1S/C14H12ClN3O2S3/c1-21-10-8-18-13(16-12(10)15)11(14(17-18)22-2)23(19,20)9-6-4-3-5-7-9/h3-8H,1-2H3. The molecule has 0 unspecified atom stereocenters. The average molecular weight is 386 g/mol. The molecule has 0 fully saturated rings. The number of aromatic nitrogens is 3. The van der Waals surface area contributed by atoms with E-state index in [4.69, 9.17) is 11.6 Å². The van der Waals surface area contributed by atoms with Gasteiger partial charge in [0.2, 0.25) is 9.84 Å². The topological polar surface area (TPSA) is 64.3 Å². The van der Waals surface area contributed by atoms with E-state index >= 15 is 0 Å². The summed E-state index contributed by atoms with van der Waals surface area (Å²) in [4.78, 5) is 5.29. The van der Waals surface area contributed by atoms with Gasteiger partial charge in [0, 0.05) is 6.20 Å². The third-order valence-electron chi connectivity index (χ3n) is 3.20. The minimum Gasteiger partial charge on any atom is -0.219 e. The first-order chi connectivity index (χ1) is 11.0. The molecule has 0 amide bonds. The Morgan fingerprint density at radius 2 is 1.83 bits per heavy atom. The molecule has 0 spiro atoms. The molecule has 2 aromatic heterocycles. The lowest BCUT2D eigenvalue weighted by molar-refractivity contribution is 0.594. The highest BCUT2D eigenvalue weighted by Crippen LogP contribution is 2.34. The van der Waals surface area contributed by atoms with Gasteiger partial charge in [0.25, 0.3) is 0 Å². The summed E-state index contributed by atoms with van der Waals surface area (Å²) >= 11 is 8.84. The van der Waals surface area contributed by atoms with E-state index < -0.39 is 9.84 Å². The molecule has 0 aliphatic carbocycles. The fraction of sp³-hybridized carbons (Fsp3) is 0.143.